The van der Waals surface area contributed by atoms with E-state index >= 15 is 0 Å². The molecule has 3 rings (SSSR count). The number of nitrogens with one attached hydrogen (secondary N) is 1. The molecule has 1 fully saturated rings. The molecule has 0 aliphatic carbocycles. The minimum absolute atomic E-state index is 0.343. The van der Waals surface area contributed by atoms with Crippen LogP contribution in [-0.4, -0.2) is 46.8 Å². The molecule has 6 nitrogen and oxygen atoms in total. The normalized spacial score (nSPS) is 18.5. The Bertz CT molecular complexity index is 923. The molecule has 1 unspecified atom stereocenters. The van der Waals surface area contributed by atoms with Crippen LogP contribution in [0.2, 0.25) is 0 Å². The summed E-state index contributed by atoms with van der Waals surface area (Å²) in [7, 11) is 0. The molecule has 1 N–H and O–H groups in total. The van der Waals surface area contributed by atoms with Crippen molar-refractivity contribution in [2.45, 2.75) is 25.3 Å². The number of nitriles is 1. The first kappa shape index (κ1) is 17.7. The summed E-state index contributed by atoms with van der Waals surface area (Å²) in [6.45, 7) is 0.607. The number of aromatic nitrogens is 1. The molecule has 1 atom stereocenters. The van der Waals surface area contributed by atoms with E-state index in [9.17, 15) is 18.4 Å². The van der Waals surface area contributed by atoms with Crippen LogP contribution >= 0.6 is 0 Å². The lowest BCUT2D eigenvalue weighted by atomic mass is 10.1. The van der Waals surface area contributed by atoms with Gasteiger partial charge in [-0.05, 0) is 18.6 Å². The van der Waals surface area contributed by atoms with Crippen LogP contribution in [0.1, 0.15) is 22.3 Å². The van der Waals surface area contributed by atoms with Crippen LogP contribution in [0.15, 0.2) is 30.5 Å². The second-order valence-corrected chi connectivity index (χ2v) is 6.24. The zero-order valence-corrected chi connectivity index (χ0v) is 14.0. The van der Waals surface area contributed by atoms with Gasteiger partial charge in [0.2, 0.25) is 5.91 Å². The topological polar surface area (TPSA) is 86.1 Å². The molecule has 8 heteroatoms. The SMILES string of the molecule is Cc1cccc2c(C(=O)NCC(=O)N3CC(F)(F)CC3C#N)ccnc12. The molecule has 1 aromatic heterocycles. The molecule has 1 aromatic carbocycles. The molecule has 2 heterocycles. The monoisotopic (exact) mass is 358 g/mol. The number of pyridine rings is 1. The Morgan fingerprint density at radius 2 is 2.19 bits per heavy atom. The van der Waals surface area contributed by atoms with Gasteiger partial charge in [0.1, 0.15) is 6.04 Å². The number of hydrogen-bond donors (Lipinski definition) is 1. The van der Waals surface area contributed by atoms with E-state index in [-0.39, 0.29) is 0 Å². The zero-order chi connectivity index (χ0) is 18.9. The summed E-state index contributed by atoms with van der Waals surface area (Å²) in [5.74, 6) is -4.30. The van der Waals surface area contributed by atoms with Crippen molar-refractivity contribution in [1.82, 2.24) is 15.2 Å². The molecule has 2 amide bonds. The predicted molar refractivity (Wildman–Crippen MR) is 89.5 cm³/mol. The van der Waals surface area contributed by atoms with Gasteiger partial charge >= 0.3 is 0 Å². The van der Waals surface area contributed by atoms with Crippen LogP contribution in [0.4, 0.5) is 8.78 Å². The number of para-hydroxylation sites is 1. The highest BCUT2D eigenvalue weighted by atomic mass is 19.3. The lowest BCUT2D eigenvalue weighted by Crippen LogP contribution is -2.43. The fourth-order valence-electron chi connectivity index (χ4n) is 3.07. The molecule has 0 spiro atoms. The number of alkyl halides is 2. The van der Waals surface area contributed by atoms with Crippen molar-refractivity contribution < 1.29 is 18.4 Å². The number of amides is 2. The number of fused-ring (bicyclic) bond motifs is 1. The predicted octanol–water partition coefficient (Wildman–Crippen LogP) is 2.03. The summed E-state index contributed by atoms with van der Waals surface area (Å²) >= 11 is 0. The van der Waals surface area contributed by atoms with Crippen molar-refractivity contribution in [3.63, 3.8) is 0 Å². The van der Waals surface area contributed by atoms with Crippen LogP contribution in [0.3, 0.4) is 0 Å². The lowest BCUT2D eigenvalue weighted by molar-refractivity contribution is -0.131. The Kier molecular flexibility index (Phi) is 4.55. The largest absolute Gasteiger partial charge is 0.343 e. The fraction of sp³-hybridized carbons (Fsp3) is 0.333. The third kappa shape index (κ3) is 3.33. The van der Waals surface area contributed by atoms with E-state index in [0.717, 1.165) is 10.5 Å². The molecule has 0 saturated carbocycles. The van der Waals surface area contributed by atoms with Crippen molar-refractivity contribution in [2.75, 3.05) is 13.1 Å². The first-order valence-corrected chi connectivity index (χ1v) is 8.02. The van der Waals surface area contributed by atoms with Crippen molar-refractivity contribution in [2.24, 2.45) is 0 Å². The van der Waals surface area contributed by atoms with Crippen molar-refractivity contribution in [1.29, 1.82) is 5.26 Å². The summed E-state index contributed by atoms with van der Waals surface area (Å²) in [5.41, 5.74) is 1.93. The molecule has 26 heavy (non-hydrogen) atoms. The number of likely N-dealkylation sites (tertiary alicyclic amines) is 1. The first-order valence-electron chi connectivity index (χ1n) is 8.02. The number of halogens is 2. The van der Waals surface area contributed by atoms with Gasteiger partial charge in [0.25, 0.3) is 11.8 Å². The summed E-state index contributed by atoms with van der Waals surface area (Å²) in [6.07, 6.45) is 0.816. The van der Waals surface area contributed by atoms with Crippen LogP contribution < -0.4 is 5.32 Å². The highest BCUT2D eigenvalue weighted by Gasteiger charge is 2.47. The fourth-order valence-corrected chi connectivity index (χ4v) is 3.07. The number of carbonyl (C=O) groups excluding carboxylic acids is 2. The number of benzene rings is 1. The van der Waals surface area contributed by atoms with Gasteiger partial charge in [-0.2, -0.15) is 5.26 Å². The van der Waals surface area contributed by atoms with E-state index in [1.54, 1.807) is 18.2 Å². The number of aryl methyl sites for hydroxylation is 1. The Morgan fingerprint density at radius 3 is 2.92 bits per heavy atom. The van der Waals surface area contributed by atoms with Gasteiger partial charge in [-0.25, -0.2) is 8.78 Å². The third-order valence-corrected chi connectivity index (χ3v) is 4.36. The number of nitrogens with zero attached hydrogens (tertiary/aromatic N) is 3. The van der Waals surface area contributed by atoms with E-state index in [0.29, 0.717) is 16.5 Å². The van der Waals surface area contributed by atoms with Gasteiger partial charge in [-0.3, -0.25) is 14.6 Å². The molecule has 134 valence electrons. The van der Waals surface area contributed by atoms with E-state index in [1.165, 1.54) is 12.3 Å². The van der Waals surface area contributed by atoms with Gasteiger partial charge in [0.05, 0.1) is 30.2 Å². The van der Waals surface area contributed by atoms with Crippen LogP contribution in [-0.2, 0) is 4.79 Å². The average Bonchev–Trinajstić information content (AvgIpc) is 2.94. The summed E-state index contributed by atoms with van der Waals surface area (Å²) in [4.78, 5) is 29.7. The zero-order valence-electron chi connectivity index (χ0n) is 14.0. The molecular weight excluding hydrogens is 342 g/mol. The van der Waals surface area contributed by atoms with Gasteiger partial charge in [0, 0.05) is 18.0 Å². The average molecular weight is 358 g/mol. The second-order valence-electron chi connectivity index (χ2n) is 6.24. The second kappa shape index (κ2) is 6.67. The standard InChI is InChI=1S/C18H16F2N4O2/c1-11-3-2-4-13-14(5-6-22-16(11)13)17(26)23-9-15(25)24-10-18(19,20)7-12(24)8-21/h2-6,12H,7,9-10H2,1H3,(H,23,26). The first-order chi connectivity index (χ1) is 12.3. The Morgan fingerprint density at radius 1 is 1.42 bits per heavy atom. The summed E-state index contributed by atoms with van der Waals surface area (Å²) in [6, 6.07) is 7.47. The number of rotatable bonds is 3. The molecule has 0 bridgehead atoms. The quantitative estimate of drug-likeness (QED) is 0.910. The minimum Gasteiger partial charge on any atom is -0.343 e. The van der Waals surface area contributed by atoms with E-state index in [1.807, 2.05) is 13.0 Å². The van der Waals surface area contributed by atoms with Crippen LogP contribution in [0.5, 0.6) is 0 Å². The third-order valence-electron chi connectivity index (χ3n) is 4.36. The lowest BCUT2D eigenvalue weighted by Gasteiger charge is -2.19. The van der Waals surface area contributed by atoms with Crippen LogP contribution in [0, 0.1) is 18.3 Å². The smallest absolute Gasteiger partial charge is 0.268 e. The van der Waals surface area contributed by atoms with E-state index < -0.39 is 43.3 Å². The van der Waals surface area contributed by atoms with Gasteiger partial charge < -0.3 is 10.2 Å². The summed E-state index contributed by atoms with van der Waals surface area (Å²) < 4.78 is 26.9. The maximum absolute atomic E-state index is 13.4. The molecule has 1 aliphatic rings. The number of hydrogen-bond acceptors (Lipinski definition) is 4. The van der Waals surface area contributed by atoms with E-state index in [4.69, 9.17) is 5.26 Å². The summed E-state index contributed by atoms with van der Waals surface area (Å²) in [5, 5.41) is 12.0. The minimum atomic E-state index is -3.08. The van der Waals surface area contributed by atoms with Crippen molar-refractivity contribution in [3.8, 4) is 6.07 Å². The van der Waals surface area contributed by atoms with Gasteiger partial charge in [-0.1, -0.05) is 18.2 Å². The molecule has 0 radical (unpaired) electrons. The van der Waals surface area contributed by atoms with Gasteiger partial charge in [0.15, 0.2) is 0 Å². The molecule has 1 saturated heterocycles. The van der Waals surface area contributed by atoms with E-state index in [2.05, 4.69) is 10.3 Å². The van der Waals surface area contributed by atoms with Crippen molar-refractivity contribution >= 4 is 22.7 Å². The Labute approximate surface area is 148 Å². The van der Waals surface area contributed by atoms with Gasteiger partial charge in [-0.15, -0.1) is 0 Å². The Balaban J connectivity index is 1.73. The molecular formula is C18H16F2N4O2. The Hall–Kier alpha value is -3.08. The van der Waals surface area contributed by atoms with Crippen molar-refractivity contribution in [3.05, 3.63) is 41.6 Å². The highest BCUT2D eigenvalue weighted by Crippen LogP contribution is 2.31. The highest BCUT2D eigenvalue weighted by molar-refractivity contribution is 6.07. The number of carbonyl (C=O) groups is 2. The van der Waals surface area contributed by atoms with Crippen LogP contribution in [0.25, 0.3) is 10.9 Å². The molecule has 2 aromatic rings. The maximum atomic E-state index is 13.4. The molecule has 1 aliphatic heterocycles. The maximum Gasteiger partial charge on any atom is 0.268 e.